The summed E-state index contributed by atoms with van der Waals surface area (Å²) in [5, 5.41) is 3.11. The number of ether oxygens (including phenoxy) is 1. The minimum absolute atomic E-state index is 0. The Morgan fingerprint density at radius 2 is 2.14 bits per heavy atom. The molecule has 3 rings (SSSR count). The molecule has 1 aromatic carbocycles. The number of aromatic nitrogens is 2. The van der Waals surface area contributed by atoms with Gasteiger partial charge in [0.15, 0.2) is 5.96 Å². The van der Waals surface area contributed by atoms with Crippen LogP contribution in [0.3, 0.4) is 0 Å². The lowest BCUT2D eigenvalue weighted by molar-refractivity contribution is 0.0376. The highest BCUT2D eigenvalue weighted by Gasteiger charge is 2.09. The molecule has 1 aromatic heterocycles. The van der Waals surface area contributed by atoms with Crippen molar-refractivity contribution >= 4 is 29.9 Å². The van der Waals surface area contributed by atoms with Crippen LogP contribution in [0.1, 0.15) is 17.8 Å². The lowest BCUT2D eigenvalue weighted by Crippen LogP contribution is -2.39. The smallest absolute Gasteiger partial charge is 0.188 e. The molecule has 0 unspecified atom stereocenters. The minimum Gasteiger partial charge on any atom is -0.379 e. The van der Waals surface area contributed by atoms with Crippen LogP contribution < -0.4 is 11.1 Å². The van der Waals surface area contributed by atoms with Crippen molar-refractivity contribution in [2.24, 2.45) is 10.7 Å². The van der Waals surface area contributed by atoms with Crippen LogP contribution >= 0.6 is 24.0 Å². The molecule has 0 amide bonds. The number of aliphatic imine (C=N–C) groups is 1. The molecule has 0 radical (unpaired) electrons. The summed E-state index contributed by atoms with van der Waals surface area (Å²) in [6.45, 7) is 7.56. The Morgan fingerprint density at radius 1 is 1.36 bits per heavy atom. The van der Waals surface area contributed by atoms with Crippen molar-refractivity contribution in [3.8, 4) is 5.69 Å². The van der Waals surface area contributed by atoms with Crippen molar-refractivity contribution in [2.75, 3.05) is 39.4 Å². The van der Waals surface area contributed by atoms with Gasteiger partial charge in [0.25, 0.3) is 0 Å². The van der Waals surface area contributed by atoms with E-state index in [9.17, 15) is 4.39 Å². The minimum atomic E-state index is -0.305. The largest absolute Gasteiger partial charge is 0.379 e. The molecule has 1 saturated heterocycles. The summed E-state index contributed by atoms with van der Waals surface area (Å²) in [5.41, 5.74) is 7.15. The van der Waals surface area contributed by atoms with Crippen LogP contribution in [0.4, 0.5) is 4.39 Å². The van der Waals surface area contributed by atoms with Crippen LogP contribution in [0, 0.1) is 12.7 Å². The molecule has 0 spiro atoms. The van der Waals surface area contributed by atoms with E-state index in [1.165, 1.54) is 6.07 Å². The lowest BCUT2D eigenvalue weighted by atomic mass is 10.2. The summed E-state index contributed by atoms with van der Waals surface area (Å²) in [5.74, 6) is 0.818. The topological polar surface area (TPSA) is 80.7 Å². The second-order valence-electron chi connectivity index (χ2n) is 6.57. The Labute approximate surface area is 182 Å². The molecule has 1 aliphatic rings. The van der Waals surface area contributed by atoms with Gasteiger partial charge in [-0.15, -0.1) is 24.0 Å². The fourth-order valence-corrected chi connectivity index (χ4v) is 3.05. The SMILES string of the molecule is Cc1nccn1-c1ccc(CN=C(N)NCCCN2CCOCC2)cc1F.I. The summed E-state index contributed by atoms with van der Waals surface area (Å²) in [7, 11) is 0. The van der Waals surface area contributed by atoms with Gasteiger partial charge in [0, 0.05) is 32.0 Å². The van der Waals surface area contributed by atoms with Crippen molar-refractivity contribution in [1.82, 2.24) is 19.8 Å². The van der Waals surface area contributed by atoms with Gasteiger partial charge in [0.05, 0.1) is 25.4 Å². The van der Waals surface area contributed by atoms with Crippen LogP contribution in [0.15, 0.2) is 35.6 Å². The third-order valence-corrected chi connectivity index (χ3v) is 4.59. The average Bonchev–Trinajstić information content (AvgIpc) is 3.10. The average molecular weight is 502 g/mol. The molecule has 1 fully saturated rings. The predicted octanol–water partition coefficient (Wildman–Crippen LogP) is 2.06. The first-order valence-electron chi connectivity index (χ1n) is 9.26. The van der Waals surface area contributed by atoms with Gasteiger partial charge in [-0.3, -0.25) is 4.90 Å². The van der Waals surface area contributed by atoms with E-state index in [2.05, 4.69) is 20.2 Å². The van der Waals surface area contributed by atoms with E-state index in [1.54, 1.807) is 23.0 Å². The van der Waals surface area contributed by atoms with Crippen molar-refractivity contribution in [1.29, 1.82) is 0 Å². The number of morpholine rings is 1. The monoisotopic (exact) mass is 502 g/mol. The Hall–Kier alpha value is -1.72. The summed E-state index contributed by atoms with van der Waals surface area (Å²) in [6, 6.07) is 5.08. The van der Waals surface area contributed by atoms with Gasteiger partial charge in [-0.1, -0.05) is 6.07 Å². The molecular formula is C19H28FIN6O. The number of halogens is 2. The van der Waals surface area contributed by atoms with Gasteiger partial charge in [-0.25, -0.2) is 14.4 Å². The summed E-state index contributed by atoms with van der Waals surface area (Å²) >= 11 is 0. The van der Waals surface area contributed by atoms with Crippen molar-refractivity contribution in [3.05, 3.63) is 47.8 Å². The zero-order chi connectivity index (χ0) is 19.1. The van der Waals surface area contributed by atoms with Gasteiger partial charge in [-0.2, -0.15) is 0 Å². The number of hydrogen-bond donors (Lipinski definition) is 2. The van der Waals surface area contributed by atoms with E-state index >= 15 is 0 Å². The van der Waals surface area contributed by atoms with Gasteiger partial charge in [0.2, 0.25) is 0 Å². The van der Waals surface area contributed by atoms with Crippen molar-refractivity contribution in [2.45, 2.75) is 19.9 Å². The maximum atomic E-state index is 14.4. The van der Waals surface area contributed by atoms with Crippen LogP contribution in [-0.4, -0.2) is 59.8 Å². The molecule has 0 atom stereocenters. The van der Waals surface area contributed by atoms with E-state index < -0.39 is 0 Å². The fourth-order valence-electron chi connectivity index (χ4n) is 3.05. The number of nitrogens with zero attached hydrogens (tertiary/aromatic N) is 4. The number of imidazole rings is 1. The molecule has 9 heteroatoms. The molecule has 28 heavy (non-hydrogen) atoms. The van der Waals surface area contributed by atoms with E-state index in [1.807, 2.05) is 13.0 Å². The summed E-state index contributed by atoms with van der Waals surface area (Å²) < 4.78 is 21.4. The molecule has 2 aromatic rings. The maximum absolute atomic E-state index is 14.4. The number of benzene rings is 1. The van der Waals surface area contributed by atoms with Crippen LogP contribution in [-0.2, 0) is 11.3 Å². The van der Waals surface area contributed by atoms with Gasteiger partial charge >= 0.3 is 0 Å². The third kappa shape index (κ3) is 6.42. The zero-order valence-corrected chi connectivity index (χ0v) is 18.4. The first-order chi connectivity index (χ1) is 13.1. The number of nitrogens with one attached hydrogen (secondary N) is 1. The van der Waals surface area contributed by atoms with Gasteiger partial charge < -0.3 is 20.4 Å². The number of hydrogen-bond acceptors (Lipinski definition) is 4. The Kier molecular flexibility index (Phi) is 9.13. The standard InChI is InChI=1S/C19H27FN6O.HI/c1-15-22-6-8-26(15)18-4-3-16(13-17(18)20)14-24-19(21)23-5-2-7-25-9-11-27-12-10-25;/h3-4,6,8,13H,2,5,7,9-12,14H2,1H3,(H3,21,23,24);1H. The lowest BCUT2D eigenvalue weighted by Gasteiger charge is -2.26. The Bertz CT molecular complexity index is 776. The maximum Gasteiger partial charge on any atom is 0.188 e. The van der Waals surface area contributed by atoms with Gasteiger partial charge in [0.1, 0.15) is 11.6 Å². The van der Waals surface area contributed by atoms with E-state index in [-0.39, 0.29) is 29.8 Å². The second-order valence-corrected chi connectivity index (χ2v) is 6.57. The van der Waals surface area contributed by atoms with E-state index in [4.69, 9.17) is 10.5 Å². The number of rotatable bonds is 7. The van der Waals surface area contributed by atoms with Crippen LogP contribution in [0.25, 0.3) is 5.69 Å². The van der Waals surface area contributed by atoms with Crippen molar-refractivity contribution < 1.29 is 9.13 Å². The van der Waals surface area contributed by atoms with Crippen molar-refractivity contribution in [3.63, 3.8) is 0 Å². The number of nitrogens with two attached hydrogens (primary N) is 1. The molecule has 154 valence electrons. The first-order valence-corrected chi connectivity index (χ1v) is 9.26. The Balaban J connectivity index is 0.00000280. The van der Waals surface area contributed by atoms with Gasteiger partial charge in [-0.05, 0) is 37.6 Å². The third-order valence-electron chi connectivity index (χ3n) is 4.59. The summed E-state index contributed by atoms with van der Waals surface area (Å²) in [4.78, 5) is 10.8. The fraction of sp³-hybridized carbons (Fsp3) is 0.474. The quantitative estimate of drug-likeness (QED) is 0.262. The molecule has 3 N–H and O–H groups in total. The number of aryl methyl sites for hydroxylation is 1. The predicted molar refractivity (Wildman–Crippen MR) is 119 cm³/mol. The highest BCUT2D eigenvalue weighted by molar-refractivity contribution is 14.0. The molecule has 0 saturated carbocycles. The summed E-state index contributed by atoms with van der Waals surface area (Å²) in [6.07, 6.45) is 4.38. The van der Waals surface area contributed by atoms with E-state index in [0.29, 0.717) is 18.2 Å². The molecule has 0 aliphatic carbocycles. The highest BCUT2D eigenvalue weighted by atomic mass is 127. The normalized spacial score (nSPS) is 15.3. The molecule has 7 nitrogen and oxygen atoms in total. The first kappa shape index (κ1) is 22.6. The second kappa shape index (κ2) is 11.3. The molecule has 0 bridgehead atoms. The number of guanidine groups is 1. The molecular weight excluding hydrogens is 474 g/mol. The Morgan fingerprint density at radius 3 is 2.82 bits per heavy atom. The molecule has 1 aliphatic heterocycles. The van der Waals surface area contributed by atoms with Crippen LogP contribution in [0.2, 0.25) is 0 Å². The zero-order valence-electron chi connectivity index (χ0n) is 16.1. The van der Waals surface area contributed by atoms with Crippen LogP contribution in [0.5, 0.6) is 0 Å². The molecule has 2 heterocycles. The van der Waals surface area contributed by atoms with E-state index in [0.717, 1.165) is 57.2 Å². The highest BCUT2D eigenvalue weighted by Crippen LogP contribution is 2.17.